The zero-order valence-electron chi connectivity index (χ0n) is 11.5. The second-order valence-corrected chi connectivity index (χ2v) is 4.96. The van der Waals surface area contributed by atoms with Crippen LogP contribution in [0, 0.1) is 0 Å². The smallest absolute Gasteiger partial charge is 0.0300 e. The van der Waals surface area contributed by atoms with Crippen LogP contribution in [0.15, 0.2) is 54.9 Å². The molecule has 0 saturated carbocycles. The highest BCUT2D eigenvalue weighted by molar-refractivity contribution is 5.18. The van der Waals surface area contributed by atoms with Gasteiger partial charge in [-0.3, -0.25) is 4.98 Å². The summed E-state index contributed by atoms with van der Waals surface area (Å²) in [5.41, 5.74) is 2.72. The lowest BCUT2D eigenvalue weighted by molar-refractivity contribution is 0.595. The topological polar surface area (TPSA) is 24.9 Å². The van der Waals surface area contributed by atoms with Crippen molar-refractivity contribution in [2.75, 3.05) is 13.1 Å². The molecule has 0 aliphatic rings. The van der Waals surface area contributed by atoms with E-state index in [4.69, 9.17) is 0 Å². The summed E-state index contributed by atoms with van der Waals surface area (Å²) in [6.45, 7) is 4.38. The average molecular weight is 254 g/mol. The average Bonchev–Trinajstić information content (AvgIpc) is 2.49. The zero-order valence-corrected chi connectivity index (χ0v) is 11.5. The van der Waals surface area contributed by atoms with E-state index in [-0.39, 0.29) is 0 Å². The van der Waals surface area contributed by atoms with Gasteiger partial charge in [-0.05, 0) is 49.0 Å². The Morgan fingerprint density at radius 3 is 2.63 bits per heavy atom. The number of hydrogen-bond donors (Lipinski definition) is 1. The van der Waals surface area contributed by atoms with Gasteiger partial charge < -0.3 is 5.32 Å². The van der Waals surface area contributed by atoms with Crippen molar-refractivity contribution in [1.82, 2.24) is 10.3 Å². The monoisotopic (exact) mass is 254 g/mol. The summed E-state index contributed by atoms with van der Waals surface area (Å²) < 4.78 is 0. The molecular weight excluding hydrogens is 232 g/mol. The van der Waals surface area contributed by atoms with Crippen LogP contribution >= 0.6 is 0 Å². The molecule has 2 rings (SSSR count). The molecule has 0 bridgehead atoms. The number of benzene rings is 1. The Morgan fingerprint density at radius 2 is 1.89 bits per heavy atom. The summed E-state index contributed by atoms with van der Waals surface area (Å²) >= 11 is 0. The molecule has 0 amide bonds. The van der Waals surface area contributed by atoms with Crippen molar-refractivity contribution in [2.45, 2.75) is 25.7 Å². The molecule has 2 nitrogen and oxygen atoms in total. The highest BCUT2D eigenvalue weighted by Gasteiger charge is 2.03. The summed E-state index contributed by atoms with van der Waals surface area (Å²) in [6.07, 6.45) is 5.98. The van der Waals surface area contributed by atoms with Crippen molar-refractivity contribution < 1.29 is 0 Å². The van der Waals surface area contributed by atoms with E-state index in [0.717, 1.165) is 19.5 Å². The molecule has 2 aromatic rings. The van der Waals surface area contributed by atoms with Gasteiger partial charge >= 0.3 is 0 Å². The first-order valence-electron chi connectivity index (χ1n) is 7.01. The van der Waals surface area contributed by atoms with Gasteiger partial charge in [-0.1, -0.05) is 43.3 Å². The summed E-state index contributed by atoms with van der Waals surface area (Å²) in [7, 11) is 0. The van der Waals surface area contributed by atoms with Crippen LogP contribution < -0.4 is 5.32 Å². The zero-order chi connectivity index (χ0) is 13.3. The quantitative estimate of drug-likeness (QED) is 0.766. The highest BCUT2D eigenvalue weighted by Crippen LogP contribution is 2.17. The molecule has 1 N–H and O–H groups in total. The van der Waals surface area contributed by atoms with Crippen molar-refractivity contribution in [3.8, 4) is 0 Å². The van der Waals surface area contributed by atoms with Crippen LogP contribution in [0.25, 0.3) is 0 Å². The summed E-state index contributed by atoms with van der Waals surface area (Å²) in [4.78, 5) is 4.12. The number of aromatic nitrogens is 1. The fourth-order valence-electron chi connectivity index (χ4n) is 2.17. The summed E-state index contributed by atoms with van der Waals surface area (Å²) in [5.74, 6) is 0.618. The van der Waals surface area contributed by atoms with Crippen LogP contribution in [-0.4, -0.2) is 18.1 Å². The number of rotatable bonds is 7. The van der Waals surface area contributed by atoms with E-state index in [0.29, 0.717) is 5.92 Å². The van der Waals surface area contributed by atoms with Gasteiger partial charge in [-0.2, -0.15) is 0 Å². The Balaban J connectivity index is 1.62. The van der Waals surface area contributed by atoms with Gasteiger partial charge in [0.05, 0.1) is 0 Å². The van der Waals surface area contributed by atoms with Gasteiger partial charge in [-0.15, -0.1) is 0 Å². The molecule has 2 heteroatoms. The highest BCUT2D eigenvalue weighted by atomic mass is 14.8. The molecule has 1 heterocycles. The lowest BCUT2D eigenvalue weighted by Crippen LogP contribution is -2.19. The van der Waals surface area contributed by atoms with Crippen LogP contribution in [0.4, 0.5) is 0 Å². The fraction of sp³-hybridized carbons (Fsp3) is 0.353. The minimum atomic E-state index is 0.618. The molecule has 19 heavy (non-hydrogen) atoms. The van der Waals surface area contributed by atoms with Crippen LogP contribution in [0.1, 0.15) is 30.4 Å². The third-order valence-electron chi connectivity index (χ3n) is 3.44. The van der Waals surface area contributed by atoms with E-state index >= 15 is 0 Å². The van der Waals surface area contributed by atoms with Crippen LogP contribution in [0.5, 0.6) is 0 Å². The maximum Gasteiger partial charge on any atom is 0.0300 e. The van der Waals surface area contributed by atoms with Crippen LogP contribution in [-0.2, 0) is 6.42 Å². The van der Waals surface area contributed by atoms with Gasteiger partial charge in [-0.25, -0.2) is 0 Å². The van der Waals surface area contributed by atoms with E-state index in [1.54, 1.807) is 0 Å². The van der Waals surface area contributed by atoms with E-state index < -0.39 is 0 Å². The molecule has 1 unspecified atom stereocenters. The molecule has 0 saturated heterocycles. The minimum absolute atomic E-state index is 0.618. The van der Waals surface area contributed by atoms with Crippen molar-refractivity contribution in [2.24, 2.45) is 0 Å². The molecule has 0 aliphatic heterocycles. The SMILES string of the molecule is CC(CCNCCc1cccnc1)c1ccccc1. The maximum atomic E-state index is 4.12. The largest absolute Gasteiger partial charge is 0.316 e. The van der Waals surface area contributed by atoms with Crippen LogP contribution in [0.3, 0.4) is 0 Å². The standard InChI is InChI=1S/C17H22N2/c1-15(17-7-3-2-4-8-17)9-12-18-13-10-16-6-5-11-19-14-16/h2-8,11,14-15,18H,9-10,12-13H2,1H3. The first-order chi connectivity index (χ1) is 9.36. The maximum absolute atomic E-state index is 4.12. The lowest BCUT2D eigenvalue weighted by Gasteiger charge is -2.12. The molecule has 0 spiro atoms. The third kappa shape index (κ3) is 4.84. The number of nitrogens with zero attached hydrogens (tertiary/aromatic N) is 1. The fourth-order valence-corrected chi connectivity index (χ4v) is 2.17. The Hall–Kier alpha value is -1.67. The molecule has 1 atom stereocenters. The Labute approximate surface area is 115 Å². The predicted molar refractivity (Wildman–Crippen MR) is 80.3 cm³/mol. The lowest BCUT2D eigenvalue weighted by atomic mass is 9.98. The first kappa shape index (κ1) is 13.8. The molecule has 0 aliphatic carbocycles. The van der Waals surface area contributed by atoms with Gasteiger partial charge in [0, 0.05) is 12.4 Å². The summed E-state index contributed by atoms with van der Waals surface area (Å²) in [5, 5.41) is 3.51. The van der Waals surface area contributed by atoms with E-state index in [2.05, 4.69) is 53.6 Å². The predicted octanol–water partition coefficient (Wildman–Crippen LogP) is 3.41. The van der Waals surface area contributed by atoms with Crippen molar-refractivity contribution in [3.05, 3.63) is 66.0 Å². The number of hydrogen-bond acceptors (Lipinski definition) is 2. The van der Waals surface area contributed by atoms with Crippen molar-refractivity contribution in [1.29, 1.82) is 0 Å². The Kier molecular flexibility index (Phi) is 5.57. The van der Waals surface area contributed by atoms with E-state index in [1.807, 2.05) is 18.5 Å². The second-order valence-electron chi connectivity index (χ2n) is 4.96. The molecule has 1 aromatic heterocycles. The first-order valence-corrected chi connectivity index (χ1v) is 7.01. The molecule has 0 radical (unpaired) electrons. The van der Waals surface area contributed by atoms with Crippen molar-refractivity contribution >= 4 is 0 Å². The second kappa shape index (κ2) is 7.70. The molecule has 0 fully saturated rings. The van der Waals surface area contributed by atoms with Gasteiger partial charge in [0.25, 0.3) is 0 Å². The number of pyridine rings is 1. The Bertz CT molecular complexity index is 453. The van der Waals surface area contributed by atoms with Gasteiger partial charge in [0.1, 0.15) is 0 Å². The van der Waals surface area contributed by atoms with Gasteiger partial charge in [0.15, 0.2) is 0 Å². The molecule has 100 valence electrons. The molecule has 1 aromatic carbocycles. The minimum Gasteiger partial charge on any atom is -0.316 e. The third-order valence-corrected chi connectivity index (χ3v) is 3.44. The number of nitrogens with one attached hydrogen (secondary N) is 1. The van der Waals surface area contributed by atoms with E-state index in [9.17, 15) is 0 Å². The van der Waals surface area contributed by atoms with Crippen LogP contribution in [0.2, 0.25) is 0 Å². The Morgan fingerprint density at radius 1 is 1.05 bits per heavy atom. The van der Waals surface area contributed by atoms with Crippen molar-refractivity contribution in [3.63, 3.8) is 0 Å². The normalized spacial score (nSPS) is 12.3. The molecular formula is C17H22N2. The van der Waals surface area contributed by atoms with Gasteiger partial charge in [0.2, 0.25) is 0 Å². The van der Waals surface area contributed by atoms with E-state index in [1.165, 1.54) is 17.5 Å². The summed E-state index contributed by atoms with van der Waals surface area (Å²) in [6, 6.07) is 14.8.